The molecule has 1 aliphatic heterocycles. The summed E-state index contributed by atoms with van der Waals surface area (Å²) in [6, 6.07) is 4.83. The molecule has 1 aromatic rings. The smallest absolute Gasteiger partial charge is 0.335 e. The van der Waals surface area contributed by atoms with Crippen LogP contribution < -0.4 is 0 Å². The summed E-state index contributed by atoms with van der Waals surface area (Å²) in [7, 11) is 0. The normalized spacial score (nSPS) is 23.1. The second-order valence-corrected chi connectivity index (χ2v) is 5.62. The summed E-state index contributed by atoms with van der Waals surface area (Å²) in [5, 5.41) is 0. The monoisotopic (exact) mass is 283 g/mol. The first-order valence-electron chi connectivity index (χ1n) is 6.95. The van der Waals surface area contributed by atoms with E-state index in [0.717, 1.165) is 31.5 Å². The summed E-state index contributed by atoms with van der Waals surface area (Å²) in [6.07, 6.45) is -0.000725. The van der Waals surface area contributed by atoms with E-state index in [2.05, 4.69) is 0 Å². The van der Waals surface area contributed by atoms with Gasteiger partial charge < -0.3 is 4.90 Å². The minimum absolute atomic E-state index is 0.131. The molecular formula is C15H16F3NO. The zero-order valence-electron chi connectivity index (χ0n) is 11.0. The molecule has 1 unspecified atom stereocenters. The lowest BCUT2D eigenvalue weighted by molar-refractivity contribution is -0.137. The molecule has 1 saturated carbocycles. The number of hydrogen-bond donors (Lipinski definition) is 0. The molecule has 1 atom stereocenters. The van der Waals surface area contributed by atoms with Gasteiger partial charge in [-0.15, -0.1) is 0 Å². The van der Waals surface area contributed by atoms with E-state index in [1.165, 1.54) is 25.0 Å². The lowest BCUT2D eigenvalue weighted by atomic mass is 10.1. The van der Waals surface area contributed by atoms with Crippen molar-refractivity contribution in [1.29, 1.82) is 0 Å². The van der Waals surface area contributed by atoms with Gasteiger partial charge in [-0.3, -0.25) is 4.79 Å². The standard InChI is InChI=1S/C15H16F3NO/c16-15(17,18)12-7-5-11(6-8-12)14(20)19-9-1-2-13(19)10-3-4-10/h5-8,10,13H,1-4,9H2. The fourth-order valence-electron chi connectivity index (χ4n) is 2.98. The zero-order chi connectivity index (χ0) is 14.3. The Morgan fingerprint density at radius 1 is 1.10 bits per heavy atom. The molecule has 1 aliphatic carbocycles. The number of rotatable bonds is 2. The van der Waals surface area contributed by atoms with Gasteiger partial charge in [0.1, 0.15) is 0 Å². The highest BCUT2D eigenvalue weighted by Gasteiger charge is 2.40. The molecule has 1 aromatic carbocycles. The largest absolute Gasteiger partial charge is 0.416 e. The molecule has 1 saturated heterocycles. The second kappa shape index (κ2) is 4.79. The Bertz CT molecular complexity index is 505. The summed E-state index contributed by atoms with van der Waals surface area (Å²) < 4.78 is 37.5. The van der Waals surface area contributed by atoms with Gasteiger partial charge in [0.05, 0.1) is 5.56 Å². The van der Waals surface area contributed by atoms with Gasteiger partial charge >= 0.3 is 6.18 Å². The van der Waals surface area contributed by atoms with Crippen molar-refractivity contribution >= 4 is 5.91 Å². The Labute approximate surface area is 115 Å². The Morgan fingerprint density at radius 3 is 2.30 bits per heavy atom. The molecule has 20 heavy (non-hydrogen) atoms. The highest BCUT2D eigenvalue weighted by Crippen LogP contribution is 2.40. The average molecular weight is 283 g/mol. The fourth-order valence-corrected chi connectivity index (χ4v) is 2.98. The van der Waals surface area contributed by atoms with E-state index < -0.39 is 11.7 Å². The highest BCUT2D eigenvalue weighted by molar-refractivity contribution is 5.94. The van der Waals surface area contributed by atoms with Crippen molar-refractivity contribution < 1.29 is 18.0 Å². The maximum Gasteiger partial charge on any atom is 0.416 e. The third kappa shape index (κ3) is 2.53. The first-order chi connectivity index (χ1) is 9.47. The maximum atomic E-state index is 12.5. The summed E-state index contributed by atoms with van der Waals surface area (Å²) >= 11 is 0. The quantitative estimate of drug-likeness (QED) is 0.810. The molecule has 0 aromatic heterocycles. The number of carbonyl (C=O) groups is 1. The number of halogens is 3. The molecule has 0 radical (unpaired) electrons. The predicted molar refractivity (Wildman–Crippen MR) is 68.2 cm³/mol. The molecule has 3 rings (SSSR count). The summed E-state index contributed by atoms with van der Waals surface area (Å²) in [6.45, 7) is 0.723. The number of benzene rings is 1. The molecule has 1 heterocycles. The minimum atomic E-state index is -4.36. The van der Waals surface area contributed by atoms with Gasteiger partial charge in [0.15, 0.2) is 0 Å². The number of alkyl halides is 3. The first kappa shape index (κ1) is 13.5. The van der Waals surface area contributed by atoms with Crippen LogP contribution in [-0.4, -0.2) is 23.4 Å². The Morgan fingerprint density at radius 2 is 1.75 bits per heavy atom. The van der Waals surface area contributed by atoms with Crippen molar-refractivity contribution in [3.8, 4) is 0 Å². The zero-order valence-corrected chi connectivity index (χ0v) is 11.0. The summed E-state index contributed by atoms with van der Waals surface area (Å²) in [5.74, 6) is 0.476. The SMILES string of the molecule is O=C(c1ccc(C(F)(F)F)cc1)N1CCCC1C1CC1. The lowest BCUT2D eigenvalue weighted by Crippen LogP contribution is -2.36. The third-order valence-electron chi connectivity index (χ3n) is 4.19. The van der Waals surface area contributed by atoms with Crippen LogP contribution in [0.4, 0.5) is 13.2 Å². The van der Waals surface area contributed by atoms with E-state index in [-0.39, 0.29) is 5.91 Å². The van der Waals surface area contributed by atoms with Crippen LogP contribution in [0.3, 0.4) is 0 Å². The van der Waals surface area contributed by atoms with E-state index in [0.29, 0.717) is 17.5 Å². The molecule has 0 spiro atoms. The number of likely N-dealkylation sites (tertiary alicyclic amines) is 1. The molecule has 1 amide bonds. The van der Waals surface area contributed by atoms with Crippen molar-refractivity contribution in [2.45, 2.75) is 37.9 Å². The summed E-state index contributed by atoms with van der Waals surface area (Å²) in [5.41, 5.74) is -0.361. The first-order valence-corrected chi connectivity index (χ1v) is 6.95. The topological polar surface area (TPSA) is 20.3 Å². The van der Waals surface area contributed by atoms with Crippen LogP contribution in [0.1, 0.15) is 41.6 Å². The molecule has 0 bridgehead atoms. The van der Waals surface area contributed by atoms with E-state index in [4.69, 9.17) is 0 Å². The van der Waals surface area contributed by atoms with E-state index in [9.17, 15) is 18.0 Å². The molecule has 5 heteroatoms. The van der Waals surface area contributed by atoms with Crippen LogP contribution in [0.2, 0.25) is 0 Å². The number of amides is 1. The highest BCUT2D eigenvalue weighted by atomic mass is 19.4. The van der Waals surface area contributed by atoms with Crippen LogP contribution in [0.5, 0.6) is 0 Å². The number of nitrogens with zero attached hydrogens (tertiary/aromatic N) is 1. The Kier molecular flexibility index (Phi) is 3.22. The van der Waals surface area contributed by atoms with Gasteiger partial charge in [0.25, 0.3) is 5.91 Å². The molecule has 2 fully saturated rings. The van der Waals surface area contributed by atoms with Crippen LogP contribution in [0, 0.1) is 5.92 Å². The van der Waals surface area contributed by atoms with Crippen LogP contribution in [0.25, 0.3) is 0 Å². The molecule has 2 nitrogen and oxygen atoms in total. The van der Waals surface area contributed by atoms with Crippen LogP contribution in [0.15, 0.2) is 24.3 Å². The molecular weight excluding hydrogens is 267 g/mol. The van der Waals surface area contributed by atoms with Crippen molar-refractivity contribution in [1.82, 2.24) is 4.90 Å². The molecule has 2 aliphatic rings. The van der Waals surface area contributed by atoms with Gasteiger partial charge in [-0.2, -0.15) is 13.2 Å². The van der Waals surface area contributed by atoms with Gasteiger partial charge in [-0.1, -0.05) is 0 Å². The minimum Gasteiger partial charge on any atom is -0.335 e. The predicted octanol–water partition coefficient (Wildman–Crippen LogP) is 3.72. The van der Waals surface area contributed by atoms with Crippen molar-refractivity contribution in [3.05, 3.63) is 35.4 Å². The van der Waals surface area contributed by atoms with Gasteiger partial charge in [0.2, 0.25) is 0 Å². The van der Waals surface area contributed by atoms with Crippen molar-refractivity contribution in [3.63, 3.8) is 0 Å². The van der Waals surface area contributed by atoms with Crippen LogP contribution in [-0.2, 0) is 6.18 Å². The average Bonchev–Trinajstić information content (AvgIpc) is 3.15. The molecule has 0 N–H and O–H groups in total. The van der Waals surface area contributed by atoms with Gasteiger partial charge in [-0.05, 0) is 55.9 Å². The second-order valence-electron chi connectivity index (χ2n) is 5.62. The fraction of sp³-hybridized carbons (Fsp3) is 0.533. The number of hydrogen-bond acceptors (Lipinski definition) is 1. The molecule has 108 valence electrons. The van der Waals surface area contributed by atoms with E-state index >= 15 is 0 Å². The van der Waals surface area contributed by atoms with Crippen LogP contribution >= 0.6 is 0 Å². The Balaban J connectivity index is 1.76. The van der Waals surface area contributed by atoms with E-state index in [1.54, 1.807) is 0 Å². The number of carbonyl (C=O) groups excluding carboxylic acids is 1. The van der Waals surface area contributed by atoms with Crippen molar-refractivity contribution in [2.75, 3.05) is 6.54 Å². The van der Waals surface area contributed by atoms with E-state index in [1.807, 2.05) is 4.90 Å². The maximum absolute atomic E-state index is 12.5. The lowest BCUT2D eigenvalue weighted by Gasteiger charge is -2.24. The Hall–Kier alpha value is -1.52. The summed E-state index contributed by atoms with van der Waals surface area (Å²) in [4.78, 5) is 14.2. The van der Waals surface area contributed by atoms with Crippen molar-refractivity contribution in [2.24, 2.45) is 5.92 Å². The third-order valence-corrected chi connectivity index (χ3v) is 4.19. The van der Waals surface area contributed by atoms with Gasteiger partial charge in [0, 0.05) is 18.2 Å². The van der Waals surface area contributed by atoms with Gasteiger partial charge in [-0.25, -0.2) is 0 Å².